The normalized spacial score (nSPS) is 21.7. The number of ether oxygens (including phenoxy) is 6. The summed E-state index contributed by atoms with van der Waals surface area (Å²) in [6, 6.07) is 19.6. The van der Waals surface area contributed by atoms with Crippen LogP contribution in [0.2, 0.25) is 0 Å². The summed E-state index contributed by atoms with van der Waals surface area (Å²) in [7, 11) is 3.15. The Morgan fingerprint density at radius 1 is 0.951 bits per heavy atom. The van der Waals surface area contributed by atoms with Gasteiger partial charge in [-0.1, -0.05) is 36.4 Å². The van der Waals surface area contributed by atoms with Crippen molar-refractivity contribution in [3.63, 3.8) is 0 Å². The van der Waals surface area contributed by atoms with Crippen LogP contribution in [-0.2, 0) is 20.2 Å². The minimum atomic E-state index is -0.685. The number of benzene rings is 3. The van der Waals surface area contributed by atoms with E-state index in [2.05, 4.69) is 6.07 Å². The maximum atomic E-state index is 13.4. The Kier molecular flexibility index (Phi) is 8.38. The third kappa shape index (κ3) is 5.40. The Hall–Kier alpha value is -2.88. The molecule has 0 aliphatic carbocycles. The number of rotatable bonds is 9. The highest BCUT2D eigenvalue weighted by molar-refractivity contribution is 8.18. The molecule has 6 rings (SSSR count). The van der Waals surface area contributed by atoms with Crippen LogP contribution in [0, 0.1) is 11.8 Å². The SMILES string of the molecule is COc1cc(C(Cl)[C@H]2C(=O)OC[C@@H]2C2(c3ccc4c(c3)OCO4)SCCCS2)cc(OC)c1OCc1ccccc1. The summed E-state index contributed by atoms with van der Waals surface area (Å²) in [6.07, 6.45) is 1.09. The smallest absolute Gasteiger partial charge is 0.311 e. The van der Waals surface area contributed by atoms with Crippen LogP contribution in [0.3, 0.4) is 0 Å². The van der Waals surface area contributed by atoms with Gasteiger partial charge in [-0.05, 0) is 58.9 Å². The zero-order chi connectivity index (χ0) is 28.4. The fraction of sp³-hybridized carbons (Fsp3) is 0.387. The zero-order valence-corrected chi connectivity index (χ0v) is 25.2. The van der Waals surface area contributed by atoms with Gasteiger partial charge in [-0.25, -0.2) is 0 Å². The van der Waals surface area contributed by atoms with Gasteiger partial charge in [-0.15, -0.1) is 35.1 Å². The van der Waals surface area contributed by atoms with Crippen LogP contribution in [0.4, 0.5) is 0 Å². The summed E-state index contributed by atoms with van der Waals surface area (Å²) >= 11 is 10.9. The van der Waals surface area contributed by atoms with Gasteiger partial charge in [0.2, 0.25) is 12.5 Å². The molecule has 0 bridgehead atoms. The molecule has 0 N–H and O–H groups in total. The average molecular weight is 615 g/mol. The van der Waals surface area contributed by atoms with E-state index < -0.39 is 15.4 Å². The number of methoxy groups -OCH3 is 2. The molecule has 0 spiro atoms. The van der Waals surface area contributed by atoms with E-state index in [0.29, 0.717) is 29.4 Å². The van der Waals surface area contributed by atoms with Crippen LogP contribution in [0.15, 0.2) is 60.7 Å². The van der Waals surface area contributed by atoms with Crippen LogP contribution in [-0.4, -0.2) is 45.1 Å². The lowest BCUT2D eigenvalue weighted by molar-refractivity contribution is -0.141. The monoisotopic (exact) mass is 614 g/mol. The summed E-state index contributed by atoms with van der Waals surface area (Å²) in [4.78, 5) is 13.4. The second-order valence-corrected chi connectivity index (χ2v) is 13.4. The molecule has 0 amide bonds. The van der Waals surface area contributed by atoms with Crippen molar-refractivity contribution in [2.75, 3.05) is 39.1 Å². The summed E-state index contributed by atoms with van der Waals surface area (Å²) < 4.78 is 34.1. The molecule has 0 saturated carbocycles. The first-order chi connectivity index (χ1) is 20.0. The Morgan fingerprint density at radius 3 is 2.37 bits per heavy atom. The second-order valence-electron chi connectivity index (χ2n) is 9.98. The van der Waals surface area contributed by atoms with Crippen LogP contribution in [0.1, 0.15) is 28.5 Å². The number of cyclic esters (lactones) is 1. The first kappa shape index (κ1) is 28.2. The van der Waals surface area contributed by atoms with Crippen molar-refractivity contribution < 1.29 is 33.2 Å². The number of carbonyl (C=O) groups is 1. The van der Waals surface area contributed by atoms with Gasteiger partial charge >= 0.3 is 5.97 Å². The molecule has 0 radical (unpaired) electrons. The van der Waals surface area contributed by atoms with E-state index >= 15 is 0 Å². The summed E-state index contributed by atoms with van der Waals surface area (Å²) in [5, 5.41) is -0.685. The molecule has 3 aromatic carbocycles. The predicted molar refractivity (Wildman–Crippen MR) is 161 cm³/mol. The molecule has 0 aromatic heterocycles. The number of thioether (sulfide) groups is 2. The van der Waals surface area contributed by atoms with Crippen LogP contribution >= 0.6 is 35.1 Å². The van der Waals surface area contributed by atoms with E-state index in [1.165, 1.54) is 0 Å². The van der Waals surface area contributed by atoms with Crippen molar-refractivity contribution in [3.05, 3.63) is 77.4 Å². The van der Waals surface area contributed by atoms with Gasteiger partial charge in [-0.2, -0.15) is 0 Å². The van der Waals surface area contributed by atoms with E-state index in [9.17, 15) is 4.79 Å². The number of fused-ring (bicyclic) bond motifs is 1. The van der Waals surface area contributed by atoms with E-state index in [1.54, 1.807) is 14.2 Å². The number of hydrogen-bond acceptors (Lipinski definition) is 9. The standard InChI is InChI=1S/C31H31ClO7S2/c1-34-25-13-20(14-26(35-2)29(25)36-16-19-7-4-3-5-8-19)28(32)27-22(17-37-30(27)33)31(40-11-6-12-41-31)21-9-10-23-24(15-21)39-18-38-23/h3-5,7-10,13-15,22,27-28H,6,11-12,16-18H2,1-2H3/t22-,27-,28?/m0/s1. The molecule has 2 fully saturated rings. The first-order valence-electron chi connectivity index (χ1n) is 13.5. The Balaban J connectivity index is 1.33. The highest BCUT2D eigenvalue weighted by Crippen LogP contribution is 2.61. The minimum Gasteiger partial charge on any atom is -0.493 e. The van der Waals surface area contributed by atoms with Crippen molar-refractivity contribution in [1.29, 1.82) is 0 Å². The molecular weight excluding hydrogens is 584 g/mol. The molecule has 3 aliphatic heterocycles. The van der Waals surface area contributed by atoms with Gasteiger partial charge in [0, 0.05) is 5.92 Å². The second kappa shape index (κ2) is 12.2. The Bertz CT molecular complexity index is 1370. The topological polar surface area (TPSA) is 72.5 Å². The first-order valence-corrected chi connectivity index (χ1v) is 15.9. The largest absolute Gasteiger partial charge is 0.493 e. The fourth-order valence-corrected chi connectivity index (χ4v) is 9.65. The van der Waals surface area contributed by atoms with E-state index in [-0.39, 0.29) is 25.3 Å². The van der Waals surface area contributed by atoms with E-state index in [1.807, 2.05) is 78.1 Å². The Morgan fingerprint density at radius 2 is 1.66 bits per heavy atom. The lowest BCUT2D eigenvalue weighted by Crippen LogP contribution is -2.38. The zero-order valence-electron chi connectivity index (χ0n) is 22.8. The summed E-state index contributed by atoms with van der Waals surface area (Å²) in [6.45, 7) is 0.840. The van der Waals surface area contributed by atoms with E-state index in [4.69, 9.17) is 40.0 Å². The maximum Gasteiger partial charge on any atom is 0.311 e. The number of hydrogen-bond donors (Lipinski definition) is 0. The third-order valence-corrected chi connectivity index (χ3v) is 11.8. The van der Waals surface area contributed by atoms with Gasteiger partial charge in [0.15, 0.2) is 23.0 Å². The molecule has 3 aromatic rings. The molecule has 10 heteroatoms. The van der Waals surface area contributed by atoms with Gasteiger partial charge in [0.1, 0.15) is 6.61 Å². The lowest BCUT2D eigenvalue weighted by atomic mass is 9.83. The molecule has 41 heavy (non-hydrogen) atoms. The quantitative estimate of drug-likeness (QED) is 0.191. The van der Waals surface area contributed by atoms with Gasteiger partial charge < -0.3 is 28.4 Å². The number of esters is 1. The van der Waals surface area contributed by atoms with Crippen LogP contribution < -0.4 is 23.7 Å². The summed E-state index contributed by atoms with van der Waals surface area (Å²) in [5.74, 6) is 3.77. The van der Waals surface area contributed by atoms with Crippen LogP contribution in [0.5, 0.6) is 28.7 Å². The minimum absolute atomic E-state index is 0.181. The highest BCUT2D eigenvalue weighted by atomic mass is 35.5. The van der Waals surface area contributed by atoms with Gasteiger partial charge in [-0.3, -0.25) is 4.79 Å². The van der Waals surface area contributed by atoms with Crippen molar-refractivity contribution in [2.24, 2.45) is 11.8 Å². The molecule has 3 atom stereocenters. The average Bonchev–Trinajstić information content (AvgIpc) is 3.66. The Labute approximate surface area is 253 Å². The van der Waals surface area contributed by atoms with E-state index in [0.717, 1.165) is 40.6 Å². The fourth-order valence-electron chi connectivity index (χ4n) is 5.60. The molecule has 1 unspecified atom stereocenters. The number of halogens is 1. The molecular formula is C31H31ClO7S2. The van der Waals surface area contributed by atoms with Gasteiger partial charge in [0.05, 0.1) is 36.2 Å². The lowest BCUT2D eigenvalue weighted by Gasteiger charge is -2.43. The maximum absolute atomic E-state index is 13.4. The van der Waals surface area contributed by atoms with Crippen molar-refractivity contribution >= 4 is 41.1 Å². The predicted octanol–water partition coefficient (Wildman–Crippen LogP) is 6.80. The number of carbonyl (C=O) groups excluding carboxylic acids is 1. The van der Waals surface area contributed by atoms with Crippen molar-refractivity contribution in [2.45, 2.75) is 22.5 Å². The van der Waals surface area contributed by atoms with Crippen molar-refractivity contribution in [3.8, 4) is 28.7 Å². The summed E-state index contributed by atoms with van der Waals surface area (Å²) in [5.41, 5.74) is 2.80. The third-order valence-electron chi connectivity index (χ3n) is 7.64. The molecule has 3 aliphatic rings. The highest BCUT2D eigenvalue weighted by Gasteiger charge is 2.55. The van der Waals surface area contributed by atoms with Gasteiger partial charge in [0.25, 0.3) is 0 Å². The van der Waals surface area contributed by atoms with Crippen LogP contribution in [0.25, 0.3) is 0 Å². The molecule has 3 heterocycles. The molecule has 216 valence electrons. The number of alkyl halides is 1. The molecule has 7 nitrogen and oxygen atoms in total. The van der Waals surface area contributed by atoms with Crippen molar-refractivity contribution in [1.82, 2.24) is 0 Å². The molecule has 2 saturated heterocycles.